The quantitative estimate of drug-likeness (QED) is 0.653. The van der Waals surface area contributed by atoms with Crippen molar-refractivity contribution in [3.8, 4) is 0 Å². The predicted octanol–water partition coefficient (Wildman–Crippen LogP) is 4.06. The Balaban J connectivity index is 1.96. The van der Waals surface area contributed by atoms with Gasteiger partial charge >= 0.3 is 6.18 Å². The van der Waals surface area contributed by atoms with Gasteiger partial charge in [-0.05, 0) is 41.4 Å². The van der Waals surface area contributed by atoms with E-state index in [1.165, 1.54) is 13.0 Å². The normalized spacial score (nSPS) is 12.8. The molecule has 5 nitrogen and oxygen atoms in total. The van der Waals surface area contributed by atoms with E-state index in [0.717, 1.165) is 16.0 Å². The summed E-state index contributed by atoms with van der Waals surface area (Å²) in [4.78, 5) is 0. The van der Waals surface area contributed by atoms with Gasteiger partial charge in [-0.1, -0.05) is 11.6 Å². The van der Waals surface area contributed by atoms with Crippen LogP contribution in [0, 0.1) is 6.92 Å². The molecule has 2 aromatic heterocycles. The van der Waals surface area contributed by atoms with E-state index < -0.39 is 26.9 Å². The highest BCUT2D eigenvalue weighted by Crippen LogP contribution is 2.35. The molecule has 2 heterocycles. The van der Waals surface area contributed by atoms with E-state index in [1.807, 2.05) is 0 Å². The molecule has 0 unspecified atom stereocenters. The fourth-order valence-corrected chi connectivity index (χ4v) is 5.24. The van der Waals surface area contributed by atoms with Crippen molar-refractivity contribution in [2.75, 3.05) is 6.54 Å². The zero-order valence-corrected chi connectivity index (χ0v) is 16.2. The number of hydrogen-bond acceptors (Lipinski definition) is 4. The molecule has 0 aliphatic carbocycles. The third-order valence-corrected chi connectivity index (χ3v) is 7.08. The summed E-state index contributed by atoms with van der Waals surface area (Å²) in [6, 6.07) is 3.08. The van der Waals surface area contributed by atoms with Gasteiger partial charge in [0.05, 0.1) is 14.5 Å². The number of nitrogens with zero attached hydrogens (tertiary/aromatic N) is 2. The van der Waals surface area contributed by atoms with Crippen molar-refractivity contribution in [2.24, 2.45) is 0 Å². The van der Waals surface area contributed by atoms with Crippen molar-refractivity contribution in [2.45, 2.75) is 30.3 Å². The average molecular weight is 467 g/mol. The third-order valence-electron chi connectivity index (χ3n) is 3.05. The Morgan fingerprint density at radius 1 is 1.42 bits per heavy atom. The fraction of sp³-hybridized carbons (Fsp3) is 0.417. The second-order valence-electron chi connectivity index (χ2n) is 4.78. The summed E-state index contributed by atoms with van der Waals surface area (Å²) in [5.74, 6) is 0. The first-order chi connectivity index (χ1) is 11.0. The molecular formula is C12H12BrClF3N3O2S2. The van der Waals surface area contributed by atoms with Gasteiger partial charge in [-0.3, -0.25) is 4.68 Å². The molecular weight excluding hydrogens is 455 g/mol. The number of sulfonamides is 1. The van der Waals surface area contributed by atoms with E-state index in [2.05, 4.69) is 25.8 Å². The second kappa shape index (κ2) is 7.32. The fourth-order valence-electron chi connectivity index (χ4n) is 1.87. The van der Waals surface area contributed by atoms with Crippen LogP contribution < -0.4 is 4.72 Å². The Kier molecular flexibility index (Phi) is 6.01. The maximum absolute atomic E-state index is 12.7. The Bertz CT molecular complexity index is 833. The summed E-state index contributed by atoms with van der Waals surface area (Å²) in [5, 5.41) is 3.02. The summed E-state index contributed by atoms with van der Waals surface area (Å²) in [5.41, 5.74) is -0.945. The second-order valence-corrected chi connectivity index (χ2v) is 9.61. The summed E-state index contributed by atoms with van der Waals surface area (Å²) in [6.45, 7) is 1.60. The van der Waals surface area contributed by atoms with Gasteiger partial charge in [0.2, 0.25) is 10.0 Å². The molecule has 0 bridgehead atoms. The molecule has 0 saturated carbocycles. The molecule has 24 heavy (non-hydrogen) atoms. The van der Waals surface area contributed by atoms with Crippen molar-refractivity contribution in [3.05, 3.63) is 32.3 Å². The van der Waals surface area contributed by atoms with Crippen LogP contribution in [0.2, 0.25) is 5.02 Å². The molecule has 2 rings (SSSR count). The van der Waals surface area contributed by atoms with Crippen LogP contribution in [-0.2, 0) is 22.7 Å². The molecule has 0 radical (unpaired) electrons. The highest BCUT2D eigenvalue weighted by atomic mass is 79.9. The molecule has 1 N–H and O–H groups in total. The first-order valence-electron chi connectivity index (χ1n) is 6.57. The van der Waals surface area contributed by atoms with Crippen molar-refractivity contribution >= 4 is 48.9 Å². The van der Waals surface area contributed by atoms with E-state index in [-0.39, 0.29) is 29.4 Å². The smallest absolute Gasteiger partial charge is 0.268 e. The van der Waals surface area contributed by atoms with Gasteiger partial charge in [0.1, 0.15) is 4.21 Å². The topological polar surface area (TPSA) is 64.0 Å². The van der Waals surface area contributed by atoms with Crippen molar-refractivity contribution < 1.29 is 21.6 Å². The van der Waals surface area contributed by atoms with Crippen LogP contribution in [0.25, 0.3) is 0 Å². The number of rotatable bonds is 6. The van der Waals surface area contributed by atoms with Crippen LogP contribution >= 0.6 is 38.9 Å². The van der Waals surface area contributed by atoms with Gasteiger partial charge in [-0.25, -0.2) is 13.1 Å². The minimum absolute atomic E-state index is 0.0656. The lowest BCUT2D eigenvalue weighted by molar-refractivity contribution is -0.141. The van der Waals surface area contributed by atoms with Gasteiger partial charge in [0.15, 0.2) is 5.69 Å². The van der Waals surface area contributed by atoms with Gasteiger partial charge in [0, 0.05) is 13.1 Å². The molecule has 134 valence electrons. The number of hydrogen-bond donors (Lipinski definition) is 1. The van der Waals surface area contributed by atoms with Crippen LogP contribution in [0.3, 0.4) is 0 Å². The van der Waals surface area contributed by atoms with Crippen LogP contribution in [0.15, 0.2) is 20.1 Å². The van der Waals surface area contributed by atoms with Gasteiger partial charge in [0.25, 0.3) is 0 Å². The van der Waals surface area contributed by atoms with Gasteiger partial charge in [-0.2, -0.15) is 18.3 Å². The van der Waals surface area contributed by atoms with Gasteiger partial charge in [-0.15, -0.1) is 11.3 Å². The molecule has 0 fully saturated rings. The van der Waals surface area contributed by atoms with E-state index >= 15 is 0 Å². The molecule has 0 spiro atoms. The number of thiophene rings is 1. The van der Waals surface area contributed by atoms with Crippen LogP contribution in [0.4, 0.5) is 13.2 Å². The zero-order valence-electron chi connectivity index (χ0n) is 12.2. The number of halogens is 5. The minimum atomic E-state index is -4.62. The van der Waals surface area contributed by atoms with Crippen LogP contribution in [0.1, 0.15) is 17.8 Å². The number of aryl methyl sites for hydroxylation is 1. The Morgan fingerprint density at radius 2 is 2.08 bits per heavy atom. The lowest BCUT2D eigenvalue weighted by Gasteiger charge is -2.06. The highest BCUT2D eigenvalue weighted by molar-refractivity contribution is 9.11. The molecule has 2 aromatic rings. The SMILES string of the molecule is Cc1c(Cl)c(C(F)(F)F)nn1CCCNS(=O)(=O)c1ccc(Br)s1. The lowest BCUT2D eigenvalue weighted by atomic mass is 10.3. The van der Waals surface area contributed by atoms with Crippen molar-refractivity contribution in [1.29, 1.82) is 0 Å². The van der Waals surface area contributed by atoms with E-state index in [9.17, 15) is 21.6 Å². The molecule has 0 atom stereocenters. The van der Waals surface area contributed by atoms with E-state index in [0.29, 0.717) is 3.79 Å². The van der Waals surface area contributed by atoms with E-state index in [1.54, 1.807) is 6.07 Å². The van der Waals surface area contributed by atoms with Gasteiger partial charge < -0.3 is 0 Å². The third kappa shape index (κ3) is 4.51. The number of alkyl halides is 3. The van der Waals surface area contributed by atoms with E-state index in [4.69, 9.17) is 11.6 Å². The maximum Gasteiger partial charge on any atom is 0.436 e. The Labute approximate surface area is 154 Å². The molecule has 0 amide bonds. The predicted molar refractivity (Wildman–Crippen MR) is 88.8 cm³/mol. The first kappa shape index (κ1) is 19.7. The molecule has 12 heteroatoms. The summed E-state index contributed by atoms with van der Waals surface area (Å²) in [6.07, 6.45) is -4.36. The largest absolute Gasteiger partial charge is 0.436 e. The molecule has 0 aliphatic rings. The molecule has 0 aliphatic heterocycles. The summed E-state index contributed by atoms with van der Waals surface area (Å²) in [7, 11) is -3.63. The molecule has 0 aromatic carbocycles. The zero-order chi connectivity index (χ0) is 18.1. The maximum atomic E-state index is 12.7. The van der Waals surface area contributed by atoms with Crippen molar-refractivity contribution in [3.63, 3.8) is 0 Å². The monoisotopic (exact) mass is 465 g/mol. The lowest BCUT2D eigenvalue weighted by Crippen LogP contribution is -2.25. The number of nitrogens with one attached hydrogen (secondary N) is 1. The Hall–Kier alpha value is -0.620. The minimum Gasteiger partial charge on any atom is -0.268 e. The summed E-state index contributed by atoms with van der Waals surface area (Å²) < 4.78 is 66.5. The average Bonchev–Trinajstić information content (AvgIpc) is 3.02. The highest BCUT2D eigenvalue weighted by Gasteiger charge is 2.38. The standard InChI is InChI=1S/C12H12BrClF3N3O2S2/c1-7-10(14)11(12(15,16)17)19-20(7)6-2-5-18-24(21,22)9-4-3-8(13)23-9/h3-4,18H,2,5-6H2,1H3. The number of aromatic nitrogens is 2. The Morgan fingerprint density at radius 3 is 2.58 bits per heavy atom. The van der Waals surface area contributed by atoms with Crippen LogP contribution in [-0.4, -0.2) is 24.7 Å². The summed E-state index contributed by atoms with van der Waals surface area (Å²) >= 11 is 9.89. The first-order valence-corrected chi connectivity index (χ1v) is 10.0. The van der Waals surface area contributed by atoms with Crippen LogP contribution in [0.5, 0.6) is 0 Å². The van der Waals surface area contributed by atoms with Crippen molar-refractivity contribution in [1.82, 2.24) is 14.5 Å². The molecule has 0 saturated heterocycles.